The summed E-state index contributed by atoms with van der Waals surface area (Å²) >= 11 is 1.63. The highest BCUT2D eigenvalue weighted by Crippen LogP contribution is 2.38. The molecule has 1 fully saturated rings. The van der Waals surface area contributed by atoms with Gasteiger partial charge in [0.25, 0.3) is 0 Å². The van der Waals surface area contributed by atoms with Crippen LogP contribution in [-0.2, 0) is 9.53 Å². The molecule has 1 aliphatic heterocycles. The average molecular weight is 311 g/mol. The lowest BCUT2D eigenvalue weighted by molar-refractivity contribution is -0.128. The van der Waals surface area contributed by atoms with Gasteiger partial charge in [-0.05, 0) is 24.6 Å². The minimum Gasteiger partial charge on any atom is -0.494 e. The molecule has 5 nitrogen and oxygen atoms in total. The molecule has 2 rings (SSSR count). The Morgan fingerprint density at radius 1 is 1.33 bits per heavy atom. The molecule has 1 unspecified atom stereocenters. The molecule has 1 aromatic carbocycles. The number of rotatable bonds is 8. The van der Waals surface area contributed by atoms with Crippen molar-refractivity contribution in [3.8, 4) is 5.75 Å². The molecule has 0 spiro atoms. The van der Waals surface area contributed by atoms with Gasteiger partial charge in [-0.1, -0.05) is 12.1 Å². The number of aliphatic hydroxyl groups is 1. The van der Waals surface area contributed by atoms with E-state index in [-0.39, 0.29) is 17.9 Å². The summed E-state index contributed by atoms with van der Waals surface area (Å²) in [6.07, 6.45) is 0. The molecule has 1 aliphatic rings. The number of amides is 1. The SMILES string of the molecule is CCOc1ccc(C2SCC(=O)N2CCOCCO)cc1. The highest BCUT2D eigenvalue weighted by atomic mass is 32.2. The Kier molecular flexibility index (Phi) is 6.35. The van der Waals surface area contributed by atoms with E-state index < -0.39 is 0 Å². The molecule has 1 heterocycles. The van der Waals surface area contributed by atoms with Gasteiger partial charge < -0.3 is 19.5 Å². The van der Waals surface area contributed by atoms with Crippen LogP contribution in [-0.4, -0.2) is 54.6 Å². The van der Waals surface area contributed by atoms with E-state index >= 15 is 0 Å². The van der Waals surface area contributed by atoms with Crippen LogP contribution < -0.4 is 4.74 Å². The van der Waals surface area contributed by atoms with Gasteiger partial charge >= 0.3 is 0 Å². The molecule has 1 aromatic rings. The zero-order valence-electron chi connectivity index (χ0n) is 12.2. The molecule has 1 amide bonds. The van der Waals surface area contributed by atoms with Gasteiger partial charge in [0.15, 0.2) is 0 Å². The minimum absolute atomic E-state index is 0.00498. The van der Waals surface area contributed by atoms with Gasteiger partial charge in [-0.15, -0.1) is 11.8 Å². The maximum absolute atomic E-state index is 12.0. The van der Waals surface area contributed by atoms with Crippen molar-refractivity contribution in [3.05, 3.63) is 29.8 Å². The Labute approximate surface area is 129 Å². The van der Waals surface area contributed by atoms with Crippen LogP contribution >= 0.6 is 11.8 Å². The number of hydrogen-bond acceptors (Lipinski definition) is 5. The Balaban J connectivity index is 1.97. The van der Waals surface area contributed by atoms with Gasteiger partial charge in [-0.25, -0.2) is 0 Å². The fourth-order valence-electron chi connectivity index (χ4n) is 2.20. The Hall–Kier alpha value is -1.24. The van der Waals surface area contributed by atoms with Crippen molar-refractivity contribution in [2.75, 3.05) is 38.7 Å². The molecule has 6 heteroatoms. The van der Waals surface area contributed by atoms with Crippen LogP contribution in [0, 0.1) is 0 Å². The maximum Gasteiger partial charge on any atom is 0.233 e. The first-order valence-electron chi connectivity index (χ1n) is 7.08. The second-order valence-electron chi connectivity index (χ2n) is 4.59. The van der Waals surface area contributed by atoms with E-state index in [9.17, 15) is 4.79 Å². The number of benzene rings is 1. The fourth-order valence-corrected chi connectivity index (χ4v) is 3.42. The summed E-state index contributed by atoms with van der Waals surface area (Å²) < 4.78 is 10.7. The van der Waals surface area contributed by atoms with Gasteiger partial charge in [0.1, 0.15) is 11.1 Å². The Morgan fingerprint density at radius 2 is 2.10 bits per heavy atom. The third-order valence-corrected chi connectivity index (χ3v) is 4.41. The molecule has 0 bridgehead atoms. The monoisotopic (exact) mass is 311 g/mol. The average Bonchev–Trinajstić information content (AvgIpc) is 2.86. The third-order valence-electron chi connectivity index (χ3n) is 3.16. The molecule has 1 N–H and O–H groups in total. The molecule has 0 aliphatic carbocycles. The molecular weight excluding hydrogens is 290 g/mol. The number of carbonyl (C=O) groups is 1. The molecule has 0 radical (unpaired) electrons. The van der Waals surface area contributed by atoms with Crippen molar-refractivity contribution in [1.29, 1.82) is 0 Å². The summed E-state index contributed by atoms with van der Waals surface area (Å²) in [7, 11) is 0. The summed E-state index contributed by atoms with van der Waals surface area (Å²) in [4.78, 5) is 13.8. The highest BCUT2D eigenvalue weighted by Gasteiger charge is 2.32. The summed E-state index contributed by atoms with van der Waals surface area (Å²) in [6, 6.07) is 7.87. The van der Waals surface area contributed by atoms with E-state index in [2.05, 4.69) is 0 Å². The normalized spacial score (nSPS) is 18.3. The fraction of sp³-hybridized carbons (Fsp3) is 0.533. The zero-order valence-corrected chi connectivity index (χ0v) is 13.0. The lowest BCUT2D eigenvalue weighted by atomic mass is 10.2. The van der Waals surface area contributed by atoms with Gasteiger partial charge in [0, 0.05) is 6.54 Å². The van der Waals surface area contributed by atoms with Crippen molar-refractivity contribution >= 4 is 17.7 Å². The van der Waals surface area contributed by atoms with Crippen molar-refractivity contribution in [3.63, 3.8) is 0 Å². The van der Waals surface area contributed by atoms with E-state index in [1.54, 1.807) is 11.8 Å². The zero-order chi connectivity index (χ0) is 15.1. The van der Waals surface area contributed by atoms with E-state index in [1.165, 1.54) is 0 Å². The largest absolute Gasteiger partial charge is 0.494 e. The molecular formula is C15H21NO4S. The van der Waals surface area contributed by atoms with Crippen molar-refractivity contribution in [1.82, 2.24) is 4.90 Å². The Morgan fingerprint density at radius 3 is 2.76 bits per heavy atom. The highest BCUT2D eigenvalue weighted by molar-refractivity contribution is 8.00. The maximum atomic E-state index is 12.0. The minimum atomic E-state index is 0.00498. The van der Waals surface area contributed by atoms with E-state index in [1.807, 2.05) is 36.1 Å². The topological polar surface area (TPSA) is 59.0 Å². The molecule has 0 saturated carbocycles. The molecule has 21 heavy (non-hydrogen) atoms. The second kappa shape index (κ2) is 8.26. The Bertz CT molecular complexity index is 451. The predicted molar refractivity (Wildman–Crippen MR) is 82.4 cm³/mol. The van der Waals surface area contributed by atoms with Gasteiger partial charge in [0.2, 0.25) is 5.91 Å². The van der Waals surface area contributed by atoms with Crippen molar-refractivity contribution in [2.45, 2.75) is 12.3 Å². The molecule has 1 saturated heterocycles. The number of carbonyl (C=O) groups excluding carboxylic acids is 1. The standard InChI is InChI=1S/C15H21NO4S/c1-2-20-13-5-3-12(4-6-13)15-16(14(18)11-21-15)7-9-19-10-8-17/h3-6,15,17H,2,7-11H2,1H3. The van der Waals surface area contributed by atoms with E-state index in [0.29, 0.717) is 32.1 Å². The second-order valence-corrected chi connectivity index (χ2v) is 5.66. The summed E-state index contributed by atoms with van der Waals surface area (Å²) in [6.45, 7) is 3.90. The number of thioether (sulfide) groups is 1. The number of nitrogens with zero attached hydrogens (tertiary/aromatic N) is 1. The van der Waals surface area contributed by atoms with Crippen LogP contribution in [0.25, 0.3) is 0 Å². The first kappa shape index (κ1) is 16.1. The van der Waals surface area contributed by atoms with E-state index in [0.717, 1.165) is 11.3 Å². The summed E-state index contributed by atoms with van der Waals surface area (Å²) in [5.74, 6) is 1.47. The quantitative estimate of drug-likeness (QED) is 0.740. The van der Waals surface area contributed by atoms with Crippen molar-refractivity contribution in [2.24, 2.45) is 0 Å². The lowest BCUT2D eigenvalue weighted by Crippen LogP contribution is -2.31. The lowest BCUT2D eigenvalue weighted by Gasteiger charge is -2.24. The number of ether oxygens (including phenoxy) is 2. The smallest absolute Gasteiger partial charge is 0.233 e. The van der Waals surface area contributed by atoms with Crippen molar-refractivity contribution < 1.29 is 19.4 Å². The third kappa shape index (κ3) is 4.36. The predicted octanol–water partition coefficient (Wildman–Crippen LogP) is 1.67. The number of aliphatic hydroxyl groups excluding tert-OH is 1. The van der Waals surface area contributed by atoms with Crippen LogP contribution in [0.1, 0.15) is 17.9 Å². The molecule has 0 aromatic heterocycles. The summed E-state index contributed by atoms with van der Waals surface area (Å²) in [5.41, 5.74) is 1.09. The number of hydrogen-bond donors (Lipinski definition) is 1. The van der Waals surface area contributed by atoms with Crippen LogP contribution in [0.4, 0.5) is 0 Å². The van der Waals surface area contributed by atoms with E-state index in [4.69, 9.17) is 14.6 Å². The summed E-state index contributed by atoms with van der Waals surface area (Å²) in [5, 5.41) is 8.72. The molecule has 116 valence electrons. The van der Waals surface area contributed by atoms with Gasteiger partial charge in [-0.3, -0.25) is 4.79 Å². The van der Waals surface area contributed by atoms with Crippen LogP contribution in [0.2, 0.25) is 0 Å². The van der Waals surface area contributed by atoms with Crippen LogP contribution in [0.5, 0.6) is 5.75 Å². The first-order chi connectivity index (χ1) is 10.3. The van der Waals surface area contributed by atoms with Crippen LogP contribution in [0.3, 0.4) is 0 Å². The van der Waals surface area contributed by atoms with Gasteiger partial charge in [-0.2, -0.15) is 0 Å². The van der Waals surface area contributed by atoms with Gasteiger partial charge in [0.05, 0.1) is 32.2 Å². The first-order valence-corrected chi connectivity index (χ1v) is 8.13. The molecule has 1 atom stereocenters. The van der Waals surface area contributed by atoms with Crippen LogP contribution in [0.15, 0.2) is 24.3 Å².